The first-order valence-electron chi connectivity index (χ1n) is 7.63. The van der Waals surface area contributed by atoms with E-state index in [0.29, 0.717) is 17.0 Å². The number of rotatable bonds is 4. The normalized spacial score (nSPS) is 15.2. The van der Waals surface area contributed by atoms with Gasteiger partial charge in [-0.3, -0.25) is 5.32 Å². The second-order valence-electron chi connectivity index (χ2n) is 5.52. The van der Waals surface area contributed by atoms with Crippen molar-refractivity contribution in [1.82, 2.24) is 5.32 Å². The number of anilines is 1. The fraction of sp³-hybridized carbons (Fsp3) is 0.222. The Hall–Kier alpha value is -3.22. The van der Waals surface area contributed by atoms with Crippen LogP contribution in [0.1, 0.15) is 27.7 Å². The van der Waals surface area contributed by atoms with Gasteiger partial charge in [0, 0.05) is 11.3 Å². The van der Waals surface area contributed by atoms with Crippen LogP contribution in [-0.4, -0.2) is 26.2 Å². The SMILES string of the molecule is COc1ccc2c(c1OC)C(=O)O[C@@H]2NC(=O)Nc1ccc(C)cc1. The average molecular weight is 342 g/mol. The summed E-state index contributed by atoms with van der Waals surface area (Å²) in [4.78, 5) is 24.3. The van der Waals surface area contributed by atoms with Gasteiger partial charge in [0.2, 0.25) is 6.23 Å². The van der Waals surface area contributed by atoms with Crippen molar-refractivity contribution in [2.75, 3.05) is 19.5 Å². The van der Waals surface area contributed by atoms with Crippen LogP contribution in [0, 0.1) is 6.92 Å². The van der Waals surface area contributed by atoms with E-state index in [-0.39, 0.29) is 11.3 Å². The van der Waals surface area contributed by atoms with E-state index in [0.717, 1.165) is 5.56 Å². The molecular weight excluding hydrogens is 324 g/mol. The summed E-state index contributed by atoms with van der Waals surface area (Å²) in [7, 11) is 2.92. The van der Waals surface area contributed by atoms with Crippen LogP contribution in [0.2, 0.25) is 0 Å². The third-order valence-corrected chi connectivity index (χ3v) is 3.86. The van der Waals surface area contributed by atoms with E-state index in [9.17, 15) is 9.59 Å². The lowest BCUT2D eigenvalue weighted by Crippen LogP contribution is -2.32. The summed E-state index contributed by atoms with van der Waals surface area (Å²) in [5.41, 5.74) is 2.50. The molecule has 25 heavy (non-hydrogen) atoms. The van der Waals surface area contributed by atoms with Crippen LogP contribution < -0.4 is 20.1 Å². The third-order valence-electron chi connectivity index (χ3n) is 3.86. The number of benzene rings is 2. The molecule has 0 unspecified atom stereocenters. The molecule has 2 aromatic carbocycles. The van der Waals surface area contributed by atoms with Crippen LogP contribution in [0.15, 0.2) is 36.4 Å². The van der Waals surface area contributed by atoms with Gasteiger partial charge < -0.3 is 19.5 Å². The number of nitrogens with one attached hydrogen (secondary N) is 2. The van der Waals surface area contributed by atoms with Crippen molar-refractivity contribution < 1.29 is 23.8 Å². The maximum absolute atomic E-state index is 12.2. The van der Waals surface area contributed by atoms with Gasteiger partial charge in [0.25, 0.3) is 0 Å². The number of fused-ring (bicyclic) bond motifs is 1. The number of urea groups is 1. The number of cyclic esters (lactones) is 1. The molecule has 0 aromatic heterocycles. The molecule has 2 aromatic rings. The van der Waals surface area contributed by atoms with Gasteiger partial charge in [-0.2, -0.15) is 0 Å². The first-order chi connectivity index (χ1) is 12.0. The fourth-order valence-electron chi connectivity index (χ4n) is 2.63. The van der Waals surface area contributed by atoms with Crippen molar-refractivity contribution in [1.29, 1.82) is 0 Å². The van der Waals surface area contributed by atoms with E-state index in [1.54, 1.807) is 24.3 Å². The second-order valence-corrected chi connectivity index (χ2v) is 5.52. The highest BCUT2D eigenvalue weighted by molar-refractivity contribution is 5.99. The zero-order valence-electron chi connectivity index (χ0n) is 14.1. The van der Waals surface area contributed by atoms with E-state index in [1.165, 1.54) is 14.2 Å². The highest BCUT2D eigenvalue weighted by Gasteiger charge is 2.36. The minimum absolute atomic E-state index is 0.252. The van der Waals surface area contributed by atoms with Crippen molar-refractivity contribution in [3.05, 3.63) is 53.1 Å². The summed E-state index contributed by atoms with van der Waals surface area (Å²) >= 11 is 0. The summed E-state index contributed by atoms with van der Waals surface area (Å²) in [5.74, 6) is 0.127. The molecule has 3 rings (SSSR count). The molecule has 0 fully saturated rings. The average Bonchev–Trinajstić information content (AvgIpc) is 2.91. The van der Waals surface area contributed by atoms with Gasteiger partial charge >= 0.3 is 12.0 Å². The van der Waals surface area contributed by atoms with Gasteiger partial charge in [-0.05, 0) is 31.2 Å². The number of aryl methyl sites for hydroxylation is 1. The molecule has 2 N–H and O–H groups in total. The molecule has 2 amide bonds. The fourth-order valence-corrected chi connectivity index (χ4v) is 2.63. The Kier molecular flexibility index (Phi) is 4.47. The number of ether oxygens (including phenoxy) is 3. The molecule has 0 bridgehead atoms. The van der Waals surface area contributed by atoms with Crippen molar-refractivity contribution in [3.63, 3.8) is 0 Å². The first kappa shape index (κ1) is 16.6. The summed E-state index contributed by atoms with van der Waals surface area (Å²) in [6, 6.07) is 10.2. The molecule has 1 atom stereocenters. The van der Waals surface area contributed by atoms with Crippen LogP contribution in [-0.2, 0) is 4.74 Å². The Morgan fingerprint density at radius 3 is 2.44 bits per heavy atom. The van der Waals surface area contributed by atoms with Gasteiger partial charge in [0.1, 0.15) is 5.56 Å². The van der Waals surface area contributed by atoms with E-state index in [2.05, 4.69) is 10.6 Å². The van der Waals surface area contributed by atoms with Crippen LogP contribution in [0.3, 0.4) is 0 Å². The number of hydrogen-bond donors (Lipinski definition) is 2. The van der Waals surface area contributed by atoms with Gasteiger partial charge in [-0.15, -0.1) is 0 Å². The molecule has 1 heterocycles. The molecule has 7 heteroatoms. The monoisotopic (exact) mass is 342 g/mol. The van der Waals surface area contributed by atoms with Gasteiger partial charge in [0.05, 0.1) is 14.2 Å². The van der Waals surface area contributed by atoms with Crippen molar-refractivity contribution in [3.8, 4) is 11.5 Å². The highest BCUT2D eigenvalue weighted by Crippen LogP contribution is 2.40. The summed E-state index contributed by atoms with van der Waals surface area (Å²) < 4.78 is 15.7. The van der Waals surface area contributed by atoms with Crippen LogP contribution in [0.5, 0.6) is 11.5 Å². The molecule has 0 radical (unpaired) electrons. The molecule has 7 nitrogen and oxygen atoms in total. The van der Waals surface area contributed by atoms with Gasteiger partial charge in [-0.1, -0.05) is 17.7 Å². The quantitative estimate of drug-likeness (QED) is 0.834. The highest BCUT2D eigenvalue weighted by atomic mass is 16.6. The minimum Gasteiger partial charge on any atom is -0.493 e. The summed E-state index contributed by atoms with van der Waals surface area (Å²) in [6.07, 6.45) is -0.896. The van der Waals surface area contributed by atoms with Gasteiger partial charge in [0.15, 0.2) is 11.5 Å². The first-order valence-corrected chi connectivity index (χ1v) is 7.63. The largest absolute Gasteiger partial charge is 0.493 e. The minimum atomic E-state index is -0.896. The molecule has 0 saturated carbocycles. The van der Waals surface area contributed by atoms with Crippen LogP contribution in [0.25, 0.3) is 0 Å². The molecule has 0 spiro atoms. The Balaban J connectivity index is 1.79. The van der Waals surface area contributed by atoms with Crippen LogP contribution in [0.4, 0.5) is 10.5 Å². The predicted molar refractivity (Wildman–Crippen MR) is 91.0 cm³/mol. The number of esters is 1. The summed E-state index contributed by atoms with van der Waals surface area (Å²) in [6.45, 7) is 1.96. The Labute approximate surface area is 144 Å². The van der Waals surface area contributed by atoms with Gasteiger partial charge in [-0.25, -0.2) is 9.59 Å². The topological polar surface area (TPSA) is 85.9 Å². The van der Waals surface area contributed by atoms with Crippen molar-refractivity contribution >= 4 is 17.7 Å². The molecule has 1 aliphatic heterocycles. The number of carbonyl (C=O) groups excluding carboxylic acids is 2. The Morgan fingerprint density at radius 2 is 1.80 bits per heavy atom. The van der Waals surface area contributed by atoms with E-state index >= 15 is 0 Å². The molecule has 0 saturated heterocycles. The number of amides is 2. The third kappa shape index (κ3) is 3.21. The predicted octanol–water partition coefficient (Wildman–Crippen LogP) is 3.00. The lowest BCUT2D eigenvalue weighted by Gasteiger charge is -2.14. The molecule has 1 aliphatic rings. The Bertz CT molecular complexity index is 817. The van der Waals surface area contributed by atoms with Crippen molar-refractivity contribution in [2.24, 2.45) is 0 Å². The van der Waals surface area contributed by atoms with Crippen LogP contribution >= 0.6 is 0 Å². The zero-order valence-corrected chi connectivity index (χ0v) is 14.1. The lowest BCUT2D eigenvalue weighted by molar-refractivity contribution is 0.0340. The Morgan fingerprint density at radius 1 is 1.08 bits per heavy atom. The smallest absolute Gasteiger partial charge is 0.344 e. The number of hydrogen-bond acceptors (Lipinski definition) is 5. The van der Waals surface area contributed by atoms with E-state index in [1.807, 2.05) is 19.1 Å². The maximum atomic E-state index is 12.2. The van der Waals surface area contributed by atoms with E-state index in [4.69, 9.17) is 14.2 Å². The lowest BCUT2D eigenvalue weighted by atomic mass is 10.1. The number of carbonyl (C=O) groups is 2. The molecule has 130 valence electrons. The van der Waals surface area contributed by atoms with Crippen molar-refractivity contribution in [2.45, 2.75) is 13.2 Å². The zero-order chi connectivity index (χ0) is 18.0. The number of methoxy groups -OCH3 is 2. The molecule has 0 aliphatic carbocycles. The maximum Gasteiger partial charge on any atom is 0.344 e. The summed E-state index contributed by atoms with van der Waals surface area (Å²) in [5, 5.41) is 5.32. The van der Waals surface area contributed by atoms with E-state index < -0.39 is 18.2 Å². The standard InChI is InChI=1S/C18H18N2O5/c1-10-4-6-11(7-5-10)19-18(22)20-16-12-8-9-13(23-2)15(24-3)14(12)17(21)25-16/h4-9,16H,1-3H3,(H2,19,20,22)/t16-/m0/s1. The molecular formula is C18H18N2O5. The second kappa shape index (κ2) is 6.72.